The molecule has 14 heavy (non-hydrogen) atoms. The summed E-state index contributed by atoms with van der Waals surface area (Å²) in [6.07, 6.45) is 1.20. The van der Waals surface area contributed by atoms with Crippen molar-refractivity contribution < 1.29 is 9.90 Å². The van der Waals surface area contributed by atoms with Gasteiger partial charge < -0.3 is 10.8 Å². The number of carbonyl (C=O) groups excluding carboxylic acids is 1. The van der Waals surface area contributed by atoms with Gasteiger partial charge in [0, 0.05) is 18.0 Å². The Kier molecular flexibility index (Phi) is 2.35. The van der Waals surface area contributed by atoms with Crippen LogP contribution in [0.15, 0.2) is 18.2 Å². The van der Waals surface area contributed by atoms with E-state index >= 15 is 0 Å². The zero-order chi connectivity index (χ0) is 10.1. The maximum atomic E-state index is 11.6. The summed E-state index contributed by atoms with van der Waals surface area (Å²) in [7, 11) is 0. The van der Waals surface area contributed by atoms with Crippen LogP contribution in [0.4, 0.5) is 0 Å². The fraction of sp³-hybridized carbons (Fsp3) is 0.364. The van der Waals surface area contributed by atoms with E-state index in [1.807, 2.05) is 12.1 Å². The topological polar surface area (TPSA) is 63.3 Å². The molecule has 0 aromatic heterocycles. The molecule has 3 nitrogen and oxygen atoms in total. The molecule has 1 aromatic carbocycles. The van der Waals surface area contributed by atoms with Gasteiger partial charge in [0.15, 0.2) is 5.78 Å². The van der Waals surface area contributed by atoms with Gasteiger partial charge in [0.25, 0.3) is 0 Å². The molecular weight excluding hydrogens is 178 g/mol. The van der Waals surface area contributed by atoms with Gasteiger partial charge in [0.1, 0.15) is 0 Å². The first kappa shape index (κ1) is 9.37. The molecule has 0 unspecified atom stereocenters. The molecule has 0 aliphatic heterocycles. The van der Waals surface area contributed by atoms with Gasteiger partial charge in [-0.2, -0.15) is 0 Å². The first-order chi connectivity index (χ1) is 6.74. The van der Waals surface area contributed by atoms with E-state index in [2.05, 4.69) is 0 Å². The van der Waals surface area contributed by atoms with Crippen molar-refractivity contribution in [2.24, 2.45) is 5.73 Å². The van der Waals surface area contributed by atoms with Crippen molar-refractivity contribution in [2.45, 2.75) is 25.5 Å². The maximum absolute atomic E-state index is 11.6. The molecule has 0 fully saturated rings. The number of hydrogen-bond donors (Lipinski definition) is 2. The zero-order valence-corrected chi connectivity index (χ0v) is 7.86. The van der Waals surface area contributed by atoms with Crippen LogP contribution in [-0.2, 0) is 6.61 Å². The van der Waals surface area contributed by atoms with Gasteiger partial charge in [-0.3, -0.25) is 4.79 Å². The lowest BCUT2D eigenvalue weighted by molar-refractivity contribution is 0.0963. The molecule has 0 amide bonds. The Bertz CT molecular complexity index is 374. The molecule has 0 spiro atoms. The summed E-state index contributed by atoms with van der Waals surface area (Å²) in [4.78, 5) is 11.6. The molecular formula is C11H13NO2. The maximum Gasteiger partial charge on any atom is 0.163 e. The molecule has 2 rings (SSSR count). The van der Waals surface area contributed by atoms with Gasteiger partial charge in [-0.1, -0.05) is 18.2 Å². The monoisotopic (exact) mass is 191 g/mol. The number of Topliss-reactive ketones (excluding diaryl/α,β-unsaturated/α-hetero) is 1. The zero-order valence-electron chi connectivity index (χ0n) is 7.86. The highest BCUT2D eigenvalue weighted by molar-refractivity contribution is 6.00. The molecule has 0 saturated carbocycles. The van der Waals surface area contributed by atoms with Crippen LogP contribution in [-0.4, -0.2) is 10.9 Å². The van der Waals surface area contributed by atoms with Gasteiger partial charge >= 0.3 is 0 Å². The molecule has 1 aromatic rings. The second kappa shape index (κ2) is 3.52. The van der Waals surface area contributed by atoms with Crippen LogP contribution in [0.2, 0.25) is 0 Å². The van der Waals surface area contributed by atoms with E-state index in [1.165, 1.54) is 0 Å². The second-order valence-corrected chi connectivity index (χ2v) is 3.61. The minimum atomic E-state index is -0.0956. The molecule has 0 radical (unpaired) electrons. The number of hydrogen-bond acceptors (Lipinski definition) is 3. The summed E-state index contributed by atoms with van der Waals surface area (Å²) >= 11 is 0. The minimum Gasteiger partial charge on any atom is -0.392 e. The third-order valence-corrected chi connectivity index (χ3v) is 2.71. The molecule has 74 valence electrons. The number of carbonyl (C=O) groups is 1. The smallest absolute Gasteiger partial charge is 0.163 e. The van der Waals surface area contributed by atoms with E-state index in [-0.39, 0.29) is 18.4 Å². The number of ketones is 1. The number of nitrogens with two attached hydrogens (primary N) is 1. The van der Waals surface area contributed by atoms with Gasteiger partial charge in [0.05, 0.1) is 6.61 Å². The van der Waals surface area contributed by atoms with Crippen molar-refractivity contribution in [2.75, 3.05) is 0 Å². The van der Waals surface area contributed by atoms with Crippen LogP contribution >= 0.6 is 0 Å². The molecule has 0 saturated heterocycles. The van der Waals surface area contributed by atoms with E-state index in [4.69, 9.17) is 10.8 Å². The second-order valence-electron chi connectivity index (χ2n) is 3.61. The van der Waals surface area contributed by atoms with E-state index in [0.29, 0.717) is 24.0 Å². The van der Waals surface area contributed by atoms with Crippen molar-refractivity contribution in [3.05, 3.63) is 34.9 Å². The lowest BCUT2D eigenvalue weighted by Crippen LogP contribution is -2.22. The van der Waals surface area contributed by atoms with Gasteiger partial charge in [-0.25, -0.2) is 0 Å². The lowest BCUT2D eigenvalue weighted by Gasteiger charge is -2.22. The molecule has 0 bridgehead atoms. The highest BCUT2D eigenvalue weighted by Crippen LogP contribution is 2.30. The van der Waals surface area contributed by atoms with Crippen molar-refractivity contribution in [3.63, 3.8) is 0 Å². The summed E-state index contributed by atoms with van der Waals surface area (Å²) in [6.45, 7) is -0.0956. The van der Waals surface area contributed by atoms with E-state index in [0.717, 1.165) is 5.56 Å². The third kappa shape index (κ3) is 1.35. The average molecular weight is 191 g/mol. The largest absolute Gasteiger partial charge is 0.392 e. The number of aliphatic hydroxyl groups excluding tert-OH is 1. The fourth-order valence-electron chi connectivity index (χ4n) is 1.97. The number of benzene rings is 1. The Morgan fingerprint density at radius 2 is 2.29 bits per heavy atom. The van der Waals surface area contributed by atoms with E-state index < -0.39 is 0 Å². The van der Waals surface area contributed by atoms with Gasteiger partial charge in [-0.05, 0) is 17.5 Å². The first-order valence-electron chi connectivity index (χ1n) is 4.75. The van der Waals surface area contributed by atoms with Crippen LogP contribution in [0, 0.1) is 0 Å². The predicted molar refractivity (Wildman–Crippen MR) is 52.9 cm³/mol. The molecule has 1 aliphatic carbocycles. The summed E-state index contributed by atoms with van der Waals surface area (Å²) in [5.74, 6) is 0.103. The van der Waals surface area contributed by atoms with E-state index in [9.17, 15) is 4.79 Å². The van der Waals surface area contributed by atoms with Crippen LogP contribution in [0.1, 0.15) is 40.4 Å². The third-order valence-electron chi connectivity index (χ3n) is 2.71. The van der Waals surface area contributed by atoms with Crippen LogP contribution in [0.5, 0.6) is 0 Å². The van der Waals surface area contributed by atoms with Gasteiger partial charge in [-0.15, -0.1) is 0 Å². The van der Waals surface area contributed by atoms with Crippen LogP contribution < -0.4 is 5.73 Å². The Labute approximate surface area is 82.5 Å². The first-order valence-corrected chi connectivity index (χ1v) is 4.75. The Balaban J connectivity index is 2.60. The summed E-state index contributed by atoms with van der Waals surface area (Å²) in [5.41, 5.74) is 8.12. The van der Waals surface area contributed by atoms with Crippen LogP contribution in [0.3, 0.4) is 0 Å². The number of rotatable bonds is 1. The summed E-state index contributed by atoms with van der Waals surface area (Å²) in [5, 5.41) is 9.10. The molecule has 3 heteroatoms. The quantitative estimate of drug-likeness (QED) is 0.700. The summed E-state index contributed by atoms with van der Waals surface area (Å²) in [6, 6.07) is 5.42. The van der Waals surface area contributed by atoms with Crippen molar-refractivity contribution >= 4 is 5.78 Å². The minimum absolute atomic E-state index is 0.0609. The highest BCUT2D eigenvalue weighted by atomic mass is 16.3. The lowest BCUT2D eigenvalue weighted by atomic mass is 9.84. The number of aliphatic hydroxyl groups is 1. The predicted octanol–water partition coefficient (Wildman–Crippen LogP) is 1.16. The normalized spacial score (nSPS) is 20.7. The Morgan fingerprint density at radius 3 is 3.00 bits per heavy atom. The van der Waals surface area contributed by atoms with Crippen molar-refractivity contribution in [3.8, 4) is 0 Å². The average Bonchev–Trinajstić information content (AvgIpc) is 2.23. The summed E-state index contributed by atoms with van der Waals surface area (Å²) < 4.78 is 0. The number of fused-ring (bicyclic) bond motifs is 1. The van der Waals surface area contributed by atoms with E-state index in [1.54, 1.807) is 6.07 Å². The highest BCUT2D eigenvalue weighted by Gasteiger charge is 2.24. The molecule has 0 heterocycles. The Morgan fingerprint density at radius 1 is 1.50 bits per heavy atom. The fourth-order valence-corrected chi connectivity index (χ4v) is 1.97. The molecule has 1 aliphatic rings. The standard InChI is InChI=1S/C11H13NO2/c12-9-4-5-10(14)11-7(6-13)2-1-3-8(9)11/h1-3,9,13H,4-6,12H2/t9-/m0/s1. The van der Waals surface area contributed by atoms with Crippen molar-refractivity contribution in [1.29, 1.82) is 0 Å². The molecule has 1 atom stereocenters. The van der Waals surface area contributed by atoms with Crippen LogP contribution in [0.25, 0.3) is 0 Å². The Hall–Kier alpha value is -1.19. The SMILES string of the molecule is N[C@H]1CCC(=O)c2c(CO)cccc21. The molecule has 3 N–H and O–H groups in total. The van der Waals surface area contributed by atoms with Gasteiger partial charge in [0.2, 0.25) is 0 Å². The van der Waals surface area contributed by atoms with Crippen molar-refractivity contribution in [1.82, 2.24) is 0 Å².